The molecule has 0 aliphatic heterocycles. The first-order valence-electron chi connectivity index (χ1n) is 8.65. The Hall–Kier alpha value is -3.08. The van der Waals surface area contributed by atoms with Crippen molar-refractivity contribution in [2.24, 2.45) is 0 Å². The molecule has 1 aromatic heterocycles. The lowest BCUT2D eigenvalue weighted by molar-refractivity contribution is 0.0942. The van der Waals surface area contributed by atoms with E-state index in [0.29, 0.717) is 12.3 Å². The third-order valence-corrected chi connectivity index (χ3v) is 4.39. The van der Waals surface area contributed by atoms with Crippen molar-refractivity contribution >= 4 is 5.91 Å². The molecule has 5 nitrogen and oxygen atoms in total. The van der Waals surface area contributed by atoms with Crippen LogP contribution >= 0.6 is 0 Å². The molecule has 5 heteroatoms. The minimum absolute atomic E-state index is 0.233. The number of carbonyl (C=O) groups excluding carboxylic acids is 1. The average molecular weight is 350 g/mol. The molecular weight excluding hydrogens is 328 g/mol. The van der Waals surface area contributed by atoms with Crippen molar-refractivity contribution in [3.8, 4) is 17.1 Å². The number of rotatable bonds is 7. The zero-order valence-corrected chi connectivity index (χ0v) is 14.9. The number of hydrogen-bond acceptors (Lipinski definition) is 4. The number of benzene rings is 2. The summed E-state index contributed by atoms with van der Waals surface area (Å²) in [5.74, 6) is 1.35. The second-order valence-electron chi connectivity index (χ2n) is 6.03. The third-order valence-electron chi connectivity index (χ3n) is 4.39. The Morgan fingerprint density at radius 3 is 2.54 bits per heavy atom. The smallest absolute Gasteiger partial charge is 0.273 e. The Morgan fingerprint density at radius 2 is 1.88 bits per heavy atom. The van der Waals surface area contributed by atoms with Gasteiger partial charge < -0.3 is 14.6 Å². The molecule has 134 valence electrons. The number of amides is 1. The molecule has 3 aromatic rings. The summed E-state index contributed by atoms with van der Waals surface area (Å²) in [7, 11) is 1.62. The van der Waals surface area contributed by atoms with Gasteiger partial charge >= 0.3 is 0 Å². The number of ether oxygens (including phenoxy) is 1. The monoisotopic (exact) mass is 350 g/mol. The molecule has 0 unspecified atom stereocenters. The maximum atomic E-state index is 12.4. The standard InChI is InChI=1S/C21H22N2O3/c1-3-15(16-7-5-4-6-8-16)14-22-21(24)19-13-20(26-23-19)17-9-11-18(25-2)12-10-17/h4-13,15H,3,14H2,1-2H3,(H,22,24)/t15-/m1/s1. The Kier molecular flexibility index (Phi) is 5.69. The van der Waals surface area contributed by atoms with Gasteiger partial charge in [-0.2, -0.15) is 0 Å². The SMILES string of the molecule is CC[C@H](CNC(=O)c1cc(-c2ccc(OC)cc2)on1)c1ccccc1. The Bertz CT molecular complexity index is 841. The van der Waals surface area contributed by atoms with Gasteiger partial charge in [0.05, 0.1) is 7.11 Å². The normalized spacial score (nSPS) is 11.8. The zero-order chi connectivity index (χ0) is 18.4. The fraction of sp³-hybridized carbons (Fsp3) is 0.238. The zero-order valence-electron chi connectivity index (χ0n) is 14.9. The summed E-state index contributed by atoms with van der Waals surface area (Å²) in [5, 5.41) is 6.84. The molecule has 0 saturated heterocycles. The van der Waals surface area contributed by atoms with Crippen LogP contribution in [0.15, 0.2) is 65.2 Å². The molecule has 1 atom stereocenters. The van der Waals surface area contributed by atoms with E-state index in [2.05, 4.69) is 29.5 Å². The van der Waals surface area contributed by atoms with Gasteiger partial charge in [0.25, 0.3) is 5.91 Å². The van der Waals surface area contributed by atoms with Crippen LogP contribution in [-0.4, -0.2) is 24.7 Å². The molecule has 0 aliphatic carbocycles. The maximum Gasteiger partial charge on any atom is 0.273 e. The molecular formula is C21H22N2O3. The predicted octanol–water partition coefficient (Wildman–Crippen LogP) is 4.27. The first kappa shape index (κ1) is 17.7. The first-order chi connectivity index (χ1) is 12.7. The van der Waals surface area contributed by atoms with E-state index >= 15 is 0 Å². The van der Waals surface area contributed by atoms with E-state index in [4.69, 9.17) is 9.26 Å². The summed E-state index contributed by atoms with van der Waals surface area (Å²) < 4.78 is 10.5. The van der Waals surface area contributed by atoms with Gasteiger partial charge in [0, 0.05) is 24.1 Å². The highest BCUT2D eigenvalue weighted by atomic mass is 16.5. The summed E-state index contributed by atoms with van der Waals surface area (Å²) in [4.78, 5) is 12.4. The molecule has 1 heterocycles. The minimum atomic E-state index is -0.233. The topological polar surface area (TPSA) is 64.4 Å². The molecule has 0 saturated carbocycles. The van der Waals surface area contributed by atoms with E-state index in [-0.39, 0.29) is 17.5 Å². The van der Waals surface area contributed by atoms with E-state index in [1.807, 2.05) is 42.5 Å². The van der Waals surface area contributed by atoms with Crippen LogP contribution in [0.3, 0.4) is 0 Å². The number of carbonyl (C=O) groups is 1. The summed E-state index contributed by atoms with van der Waals surface area (Å²) in [5.41, 5.74) is 2.33. The van der Waals surface area contributed by atoms with Crippen molar-refractivity contribution in [3.63, 3.8) is 0 Å². The molecule has 0 aliphatic rings. The number of nitrogens with one attached hydrogen (secondary N) is 1. The van der Waals surface area contributed by atoms with Gasteiger partial charge in [-0.3, -0.25) is 4.79 Å². The van der Waals surface area contributed by atoms with Crippen LogP contribution in [0.25, 0.3) is 11.3 Å². The summed E-state index contributed by atoms with van der Waals surface area (Å²) in [6, 6.07) is 19.2. The van der Waals surface area contributed by atoms with Gasteiger partial charge in [0.2, 0.25) is 0 Å². The fourth-order valence-corrected chi connectivity index (χ4v) is 2.80. The number of aromatic nitrogens is 1. The molecule has 1 amide bonds. The lowest BCUT2D eigenvalue weighted by Crippen LogP contribution is -2.28. The first-order valence-corrected chi connectivity index (χ1v) is 8.65. The van der Waals surface area contributed by atoms with E-state index in [9.17, 15) is 4.79 Å². The van der Waals surface area contributed by atoms with Gasteiger partial charge in [0.1, 0.15) is 5.75 Å². The maximum absolute atomic E-state index is 12.4. The second kappa shape index (κ2) is 8.34. The fourth-order valence-electron chi connectivity index (χ4n) is 2.80. The van der Waals surface area contributed by atoms with Gasteiger partial charge in [0.15, 0.2) is 11.5 Å². The van der Waals surface area contributed by atoms with Crippen LogP contribution in [0.4, 0.5) is 0 Å². The number of hydrogen-bond donors (Lipinski definition) is 1. The van der Waals surface area contributed by atoms with Crippen molar-refractivity contribution in [1.82, 2.24) is 10.5 Å². The molecule has 26 heavy (non-hydrogen) atoms. The minimum Gasteiger partial charge on any atom is -0.497 e. The van der Waals surface area contributed by atoms with Crippen molar-refractivity contribution in [3.05, 3.63) is 71.9 Å². The molecule has 3 rings (SSSR count). The van der Waals surface area contributed by atoms with Crippen LogP contribution in [0.2, 0.25) is 0 Å². The lowest BCUT2D eigenvalue weighted by atomic mass is 9.96. The Labute approximate surface area is 153 Å². The Balaban J connectivity index is 1.64. The number of methoxy groups -OCH3 is 1. The average Bonchev–Trinajstić information content (AvgIpc) is 3.19. The van der Waals surface area contributed by atoms with Gasteiger partial charge in [-0.15, -0.1) is 0 Å². The van der Waals surface area contributed by atoms with Crippen LogP contribution in [-0.2, 0) is 0 Å². The van der Waals surface area contributed by atoms with Crippen molar-refractivity contribution in [1.29, 1.82) is 0 Å². The largest absolute Gasteiger partial charge is 0.497 e. The van der Waals surface area contributed by atoms with Crippen LogP contribution in [0, 0.1) is 0 Å². The van der Waals surface area contributed by atoms with E-state index in [0.717, 1.165) is 17.7 Å². The van der Waals surface area contributed by atoms with Crippen molar-refractivity contribution in [2.45, 2.75) is 19.3 Å². The molecule has 1 N–H and O–H groups in total. The van der Waals surface area contributed by atoms with Gasteiger partial charge in [-0.25, -0.2) is 0 Å². The summed E-state index contributed by atoms with van der Waals surface area (Å²) in [6.45, 7) is 2.67. The van der Waals surface area contributed by atoms with Gasteiger partial charge in [-0.05, 0) is 36.2 Å². The quantitative estimate of drug-likeness (QED) is 0.691. The van der Waals surface area contributed by atoms with Crippen molar-refractivity contribution < 1.29 is 14.1 Å². The van der Waals surface area contributed by atoms with Crippen LogP contribution < -0.4 is 10.1 Å². The molecule has 0 spiro atoms. The Morgan fingerprint density at radius 1 is 1.15 bits per heavy atom. The molecule has 0 fully saturated rings. The highest BCUT2D eigenvalue weighted by Crippen LogP contribution is 2.23. The lowest BCUT2D eigenvalue weighted by Gasteiger charge is -2.15. The van der Waals surface area contributed by atoms with Gasteiger partial charge in [-0.1, -0.05) is 42.4 Å². The second-order valence-corrected chi connectivity index (χ2v) is 6.03. The van der Waals surface area contributed by atoms with E-state index in [1.54, 1.807) is 13.2 Å². The van der Waals surface area contributed by atoms with E-state index < -0.39 is 0 Å². The molecule has 2 aromatic carbocycles. The third kappa shape index (κ3) is 4.11. The van der Waals surface area contributed by atoms with Crippen molar-refractivity contribution in [2.75, 3.05) is 13.7 Å². The van der Waals surface area contributed by atoms with E-state index in [1.165, 1.54) is 5.56 Å². The predicted molar refractivity (Wildman–Crippen MR) is 100 cm³/mol. The highest BCUT2D eigenvalue weighted by Gasteiger charge is 2.16. The van der Waals surface area contributed by atoms with Crippen LogP contribution in [0.5, 0.6) is 5.75 Å². The van der Waals surface area contributed by atoms with Crippen LogP contribution in [0.1, 0.15) is 35.3 Å². The molecule has 0 bridgehead atoms. The number of nitrogens with zero attached hydrogens (tertiary/aromatic N) is 1. The molecule has 0 radical (unpaired) electrons. The highest BCUT2D eigenvalue weighted by molar-refractivity contribution is 5.93. The summed E-state index contributed by atoms with van der Waals surface area (Å²) in [6.07, 6.45) is 0.945. The summed E-state index contributed by atoms with van der Waals surface area (Å²) >= 11 is 0.